The van der Waals surface area contributed by atoms with Gasteiger partial charge in [-0.05, 0) is 19.3 Å². The summed E-state index contributed by atoms with van der Waals surface area (Å²) in [6.07, 6.45) is 3.02. The minimum Gasteiger partial charge on any atom is -0.480 e. The maximum atomic E-state index is 11.4. The molecule has 1 aliphatic heterocycles. The van der Waals surface area contributed by atoms with E-state index < -0.39 is 18.1 Å². The van der Waals surface area contributed by atoms with Crippen LogP contribution >= 0.6 is 0 Å². The number of hydrogen-bond donors (Lipinski definition) is 2. The Balaban J connectivity index is 2.32. The summed E-state index contributed by atoms with van der Waals surface area (Å²) in [6.45, 7) is 2.96. The van der Waals surface area contributed by atoms with Crippen molar-refractivity contribution in [1.29, 1.82) is 0 Å². The third-order valence-corrected chi connectivity index (χ3v) is 2.84. The van der Waals surface area contributed by atoms with Crippen LogP contribution in [0.1, 0.15) is 39.0 Å². The van der Waals surface area contributed by atoms with E-state index in [0.29, 0.717) is 13.2 Å². The average Bonchev–Trinajstić information content (AvgIpc) is 2.81. The Morgan fingerprint density at radius 1 is 1.56 bits per heavy atom. The number of amides is 1. The van der Waals surface area contributed by atoms with Gasteiger partial charge in [0.25, 0.3) is 0 Å². The normalized spacial score (nSPS) is 20.4. The van der Waals surface area contributed by atoms with Gasteiger partial charge in [0.1, 0.15) is 6.04 Å². The van der Waals surface area contributed by atoms with E-state index in [1.54, 1.807) is 0 Å². The molecule has 18 heavy (non-hydrogen) atoms. The third-order valence-electron chi connectivity index (χ3n) is 2.84. The van der Waals surface area contributed by atoms with Crippen molar-refractivity contribution in [2.75, 3.05) is 13.2 Å². The van der Waals surface area contributed by atoms with Crippen LogP contribution in [0.3, 0.4) is 0 Å². The summed E-state index contributed by atoms with van der Waals surface area (Å²) in [6, 6.07) is -0.942. The SMILES string of the molecule is CCCCOC(=O)NC(CC1CCCO1)C(=O)O. The fourth-order valence-corrected chi connectivity index (χ4v) is 1.81. The van der Waals surface area contributed by atoms with E-state index >= 15 is 0 Å². The lowest BCUT2D eigenvalue weighted by Crippen LogP contribution is -2.43. The molecule has 0 aromatic carbocycles. The Kier molecular flexibility index (Phi) is 6.49. The van der Waals surface area contributed by atoms with Gasteiger partial charge in [-0.3, -0.25) is 0 Å². The van der Waals surface area contributed by atoms with E-state index in [9.17, 15) is 9.59 Å². The first-order valence-electron chi connectivity index (χ1n) is 6.41. The summed E-state index contributed by atoms with van der Waals surface area (Å²) in [4.78, 5) is 22.4. The molecule has 6 nitrogen and oxygen atoms in total. The van der Waals surface area contributed by atoms with E-state index in [2.05, 4.69) is 5.32 Å². The highest BCUT2D eigenvalue weighted by Crippen LogP contribution is 2.17. The smallest absolute Gasteiger partial charge is 0.407 e. The zero-order valence-corrected chi connectivity index (χ0v) is 10.7. The van der Waals surface area contributed by atoms with Crippen LogP contribution in [0.15, 0.2) is 0 Å². The van der Waals surface area contributed by atoms with Gasteiger partial charge in [-0.25, -0.2) is 9.59 Å². The molecule has 0 saturated carbocycles. The number of carboxylic acid groups (broad SMARTS) is 1. The highest BCUT2D eigenvalue weighted by molar-refractivity contribution is 5.79. The molecule has 6 heteroatoms. The van der Waals surface area contributed by atoms with Crippen LogP contribution in [-0.4, -0.2) is 42.5 Å². The average molecular weight is 259 g/mol. The minimum atomic E-state index is -1.06. The maximum Gasteiger partial charge on any atom is 0.407 e. The first kappa shape index (κ1) is 14.8. The van der Waals surface area contributed by atoms with E-state index in [1.165, 1.54) is 0 Å². The lowest BCUT2D eigenvalue weighted by Gasteiger charge is -2.17. The first-order chi connectivity index (χ1) is 8.63. The molecule has 1 heterocycles. The molecular formula is C12H21NO5. The van der Waals surface area contributed by atoms with Crippen LogP contribution in [0, 0.1) is 0 Å². The summed E-state index contributed by atoms with van der Waals surface area (Å²) in [7, 11) is 0. The predicted octanol–water partition coefficient (Wildman–Crippen LogP) is 1.53. The number of carbonyl (C=O) groups excluding carboxylic acids is 1. The van der Waals surface area contributed by atoms with Gasteiger partial charge in [-0.15, -0.1) is 0 Å². The molecule has 1 saturated heterocycles. The van der Waals surface area contributed by atoms with Crippen LogP contribution in [0.5, 0.6) is 0 Å². The number of rotatable bonds is 7. The Morgan fingerprint density at radius 2 is 2.33 bits per heavy atom. The van der Waals surface area contributed by atoms with Crippen molar-refractivity contribution < 1.29 is 24.2 Å². The second kappa shape index (κ2) is 7.92. The molecule has 1 rings (SSSR count). The van der Waals surface area contributed by atoms with Crippen molar-refractivity contribution in [3.63, 3.8) is 0 Å². The Bertz CT molecular complexity index is 276. The van der Waals surface area contributed by atoms with Gasteiger partial charge in [-0.2, -0.15) is 0 Å². The van der Waals surface area contributed by atoms with E-state index in [1.807, 2.05) is 6.92 Å². The van der Waals surface area contributed by atoms with Crippen molar-refractivity contribution >= 4 is 12.1 Å². The number of carbonyl (C=O) groups is 2. The fraction of sp³-hybridized carbons (Fsp3) is 0.833. The Labute approximate surface area is 107 Å². The van der Waals surface area contributed by atoms with Crippen LogP contribution in [-0.2, 0) is 14.3 Å². The molecule has 1 amide bonds. The van der Waals surface area contributed by atoms with Crippen molar-refractivity contribution in [2.45, 2.75) is 51.2 Å². The molecule has 2 N–H and O–H groups in total. The highest BCUT2D eigenvalue weighted by Gasteiger charge is 2.27. The lowest BCUT2D eigenvalue weighted by molar-refractivity contribution is -0.140. The Hall–Kier alpha value is -1.30. The highest BCUT2D eigenvalue weighted by atomic mass is 16.5. The van der Waals surface area contributed by atoms with Crippen LogP contribution in [0.4, 0.5) is 4.79 Å². The van der Waals surface area contributed by atoms with Crippen molar-refractivity contribution in [1.82, 2.24) is 5.32 Å². The van der Waals surface area contributed by atoms with Gasteiger partial charge in [0.15, 0.2) is 0 Å². The largest absolute Gasteiger partial charge is 0.480 e. The second-order valence-electron chi connectivity index (χ2n) is 4.40. The van der Waals surface area contributed by atoms with E-state index in [0.717, 1.165) is 25.7 Å². The van der Waals surface area contributed by atoms with Gasteiger partial charge >= 0.3 is 12.1 Å². The second-order valence-corrected chi connectivity index (χ2v) is 4.40. The number of ether oxygens (including phenoxy) is 2. The molecule has 2 atom stereocenters. The van der Waals surface area contributed by atoms with Gasteiger partial charge in [0.2, 0.25) is 0 Å². The summed E-state index contributed by atoms with van der Waals surface area (Å²) >= 11 is 0. The molecule has 0 spiro atoms. The number of alkyl carbamates (subject to hydrolysis) is 1. The zero-order valence-electron chi connectivity index (χ0n) is 10.7. The Morgan fingerprint density at radius 3 is 2.89 bits per heavy atom. The van der Waals surface area contributed by atoms with Crippen LogP contribution in [0.25, 0.3) is 0 Å². The molecule has 0 bridgehead atoms. The topological polar surface area (TPSA) is 84.9 Å². The first-order valence-corrected chi connectivity index (χ1v) is 6.41. The molecule has 2 unspecified atom stereocenters. The summed E-state index contributed by atoms with van der Waals surface area (Å²) in [5.41, 5.74) is 0. The fourth-order valence-electron chi connectivity index (χ4n) is 1.81. The number of hydrogen-bond acceptors (Lipinski definition) is 4. The maximum absolute atomic E-state index is 11.4. The van der Waals surface area contributed by atoms with Crippen LogP contribution in [0.2, 0.25) is 0 Å². The number of nitrogens with one attached hydrogen (secondary N) is 1. The molecule has 0 aliphatic carbocycles. The van der Waals surface area contributed by atoms with Gasteiger partial charge in [0, 0.05) is 13.0 Å². The van der Waals surface area contributed by atoms with Crippen molar-refractivity contribution in [2.24, 2.45) is 0 Å². The molecule has 0 radical (unpaired) electrons. The molecule has 104 valence electrons. The van der Waals surface area contributed by atoms with Gasteiger partial charge in [-0.1, -0.05) is 13.3 Å². The van der Waals surface area contributed by atoms with Crippen LogP contribution < -0.4 is 5.32 Å². The molecule has 1 aliphatic rings. The summed E-state index contributed by atoms with van der Waals surface area (Å²) in [5, 5.41) is 11.4. The number of carboxylic acids is 1. The molecular weight excluding hydrogens is 238 g/mol. The van der Waals surface area contributed by atoms with E-state index in [4.69, 9.17) is 14.6 Å². The van der Waals surface area contributed by atoms with Gasteiger partial charge < -0.3 is 19.9 Å². The number of aliphatic carboxylic acids is 1. The third kappa shape index (κ3) is 5.35. The summed E-state index contributed by atoms with van der Waals surface area (Å²) < 4.78 is 10.2. The zero-order chi connectivity index (χ0) is 13.4. The molecule has 0 aromatic rings. The van der Waals surface area contributed by atoms with E-state index in [-0.39, 0.29) is 12.5 Å². The van der Waals surface area contributed by atoms with Crippen molar-refractivity contribution in [3.05, 3.63) is 0 Å². The standard InChI is InChI=1S/C12H21NO5/c1-2-3-6-18-12(16)13-10(11(14)15)8-9-5-4-7-17-9/h9-10H,2-8H2,1H3,(H,13,16)(H,14,15). The van der Waals surface area contributed by atoms with Gasteiger partial charge in [0.05, 0.1) is 12.7 Å². The minimum absolute atomic E-state index is 0.0814. The molecule has 0 aromatic heterocycles. The summed E-state index contributed by atoms with van der Waals surface area (Å²) in [5.74, 6) is -1.06. The monoisotopic (exact) mass is 259 g/mol. The number of unbranched alkanes of at least 4 members (excludes halogenated alkanes) is 1. The predicted molar refractivity (Wildman–Crippen MR) is 64.4 cm³/mol. The molecule has 1 fully saturated rings. The van der Waals surface area contributed by atoms with Crippen molar-refractivity contribution in [3.8, 4) is 0 Å². The quantitative estimate of drug-likeness (QED) is 0.677. The lowest BCUT2D eigenvalue weighted by atomic mass is 10.1.